The van der Waals surface area contributed by atoms with Crippen LogP contribution in [0.5, 0.6) is 0 Å². The summed E-state index contributed by atoms with van der Waals surface area (Å²) in [7, 11) is 0. The third kappa shape index (κ3) is 1.35. The summed E-state index contributed by atoms with van der Waals surface area (Å²) in [5, 5.41) is 3.10. The van der Waals surface area contributed by atoms with E-state index in [-0.39, 0.29) is 5.41 Å². The topological polar surface area (TPSA) is 38.9 Å². The number of nitrogens with zero attached hydrogens (tertiary/aromatic N) is 1. The van der Waals surface area contributed by atoms with E-state index in [0.29, 0.717) is 5.82 Å². The number of rotatable bonds is 2. The second-order valence-corrected chi connectivity index (χ2v) is 4.88. The van der Waals surface area contributed by atoms with Crippen molar-refractivity contribution < 1.29 is 0 Å². The van der Waals surface area contributed by atoms with Gasteiger partial charge in [-0.15, -0.1) is 11.3 Å². The fourth-order valence-electron chi connectivity index (χ4n) is 2.01. The van der Waals surface area contributed by atoms with Crippen molar-refractivity contribution in [2.45, 2.75) is 18.3 Å². The summed E-state index contributed by atoms with van der Waals surface area (Å²) in [6, 6.07) is 10.6. The monoisotopic (exact) mass is 216 g/mol. The minimum Gasteiger partial charge on any atom is -0.383 e. The molecule has 0 radical (unpaired) electrons. The van der Waals surface area contributed by atoms with Crippen LogP contribution in [0.3, 0.4) is 0 Å². The summed E-state index contributed by atoms with van der Waals surface area (Å²) in [5.41, 5.74) is 7.24. The number of hydrogen-bond donors (Lipinski definition) is 1. The zero-order chi connectivity index (χ0) is 10.3. The van der Waals surface area contributed by atoms with Crippen molar-refractivity contribution in [1.82, 2.24) is 4.98 Å². The Morgan fingerprint density at radius 1 is 1.20 bits per heavy atom. The molecule has 0 bridgehead atoms. The molecule has 2 nitrogen and oxygen atoms in total. The van der Waals surface area contributed by atoms with Crippen LogP contribution in [-0.4, -0.2) is 4.98 Å². The van der Waals surface area contributed by atoms with Gasteiger partial charge in [-0.2, -0.15) is 0 Å². The highest BCUT2D eigenvalue weighted by molar-refractivity contribution is 7.10. The van der Waals surface area contributed by atoms with Crippen LogP contribution in [0.4, 0.5) is 5.82 Å². The van der Waals surface area contributed by atoms with Gasteiger partial charge in [0.25, 0.3) is 0 Å². The lowest BCUT2D eigenvalue weighted by Crippen LogP contribution is -2.07. The molecule has 2 aromatic rings. The van der Waals surface area contributed by atoms with Crippen molar-refractivity contribution in [3.63, 3.8) is 0 Å². The highest BCUT2D eigenvalue weighted by atomic mass is 32.1. The fraction of sp³-hybridized carbons (Fsp3) is 0.250. The molecule has 2 N–H and O–H groups in total. The van der Waals surface area contributed by atoms with Gasteiger partial charge in [-0.25, -0.2) is 4.98 Å². The molecule has 0 saturated heterocycles. The molecular formula is C12H12N2S. The number of hydrogen-bond acceptors (Lipinski definition) is 3. The smallest absolute Gasteiger partial charge is 0.134 e. The Bertz CT molecular complexity index is 471. The molecule has 0 amide bonds. The molecule has 1 aromatic carbocycles. The van der Waals surface area contributed by atoms with Crippen LogP contribution >= 0.6 is 11.3 Å². The van der Waals surface area contributed by atoms with E-state index in [4.69, 9.17) is 5.73 Å². The first-order valence-corrected chi connectivity index (χ1v) is 5.96. The second-order valence-electron chi connectivity index (χ2n) is 4.03. The number of nitrogens with two attached hydrogens (primary N) is 1. The van der Waals surface area contributed by atoms with E-state index >= 15 is 0 Å². The van der Waals surface area contributed by atoms with Crippen LogP contribution < -0.4 is 5.73 Å². The van der Waals surface area contributed by atoms with Gasteiger partial charge in [-0.3, -0.25) is 0 Å². The molecule has 1 fully saturated rings. The van der Waals surface area contributed by atoms with Crippen molar-refractivity contribution in [2.24, 2.45) is 0 Å². The lowest BCUT2D eigenvalue weighted by Gasteiger charge is -2.11. The third-order valence-electron chi connectivity index (χ3n) is 3.01. The van der Waals surface area contributed by atoms with Crippen molar-refractivity contribution >= 4 is 17.2 Å². The summed E-state index contributed by atoms with van der Waals surface area (Å²) < 4.78 is 0. The molecule has 3 rings (SSSR count). The molecule has 3 heteroatoms. The largest absolute Gasteiger partial charge is 0.383 e. The number of nitrogen functional groups attached to an aromatic ring is 1. The maximum Gasteiger partial charge on any atom is 0.134 e. The summed E-state index contributed by atoms with van der Waals surface area (Å²) >= 11 is 1.68. The molecule has 1 heterocycles. The first kappa shape index (κ1) is 8.92. The van der Waals surface area contributed by atoms with Gasteiger partial charge in [0.15, 0.2) is 0 Å². The predicted octanol–water partition coefficient (Wildman–Crippen LogP) is 2.81. The van der Waals surface area contributed by atoms with Gasteiger partial charge >= 0.3 is 0 Å². The summed E-state index contributed by atoms with van der Waals surface area (Å²) in [6.45, 7) is 0. The average Bonchev–Trinajstić information content (AvgIpc) is 2.98. The Morgan fingerprint density at radius 3 is 2.47 bits per heavy atom. The maximum absolute atomic E-state index is 5.68. The molecule has 1 aliphatic rings. The van der Waals surface area contributed by atoms with Crippen molar-refractivity contribution in [1.29, 1.82) is 0 Å². The molecule has 0 spiro atoms. The first-order chi connectivity index (χ1) is 7.31. The van der Waals surface area contributed by atoms with E-state index in [1.54, 1.807) is 11.3 Å². The van der Waals surface area contributed by atoms with Gasteiger partial charge in [0.2, 0.25) is 0 Å². The van der Waals surface area contributed by atoms with Gasteiger partial charge in [-0.05, 0) is 18.4 Å². The number of aromatic nitrogens is 1. The quantitative estimate of drug-likeness (QED) is 0.838. The van der Waals surface area contributed by atoms with Gasteiger partial charge in [0.05, 0.1) is 0 Å². The summed E-state index contributed by atoms with van der Waals surface area (Å²) in [6.07, 6.45) is 2.40. The molecule has 0 aliphatic heterocycles. The van der Waals surface area contributed by atoms with E-state index in [1.165, 1.54) is 23.4 Å². The van der Waals surface area contributed by atoms with E-state index in [0.717, 1.165) is 0 Å². The average molecular weight is 216 g/mol. The van der Waals surface area contributed by atoms with Gasteiger partial charge in [0, 0.05) is 10.8 Å². The lowest BCUT2D eigenvalue weighted by atomic mass is 9.97. The van der Waals surface area contributed by atoms with Crippen molar-refractivity contribution in [3.05, 3.63) is 46.3 Å². The van der Waals surface area contributed by atoms with Crippen LogP contribution in [-0.2, 0) is 5.41 Å². The first-order valence-electron chi connectivity index (χ1n) is 5.08. The van der Waals surface area contributed by atoms with E-state index in [2.05, 4.69) is 35.3 Å². The molecule has 76 valence electrons. The molecule has 1 aliphatic carbocycles. The van der Waals surface area contributed by atoms with Crippen LogP contribution in [0, 0.1) is 0 Å². The molecule has 1 aromatic heterocycles. The Hall–Kier alpha value is -1.35. The normalized spacial score (nSPS) is 17.6. The Morgan fingerprint density at radius 2 is 1.93 bits per heavy atom. The minimum atomic E-state index is 0.184. The number of benzene rings is 1. The Labute approximate surface area is 92.8 Å². The van der Waals surface area contributed by atoms with Gasteiger partial charge in [0.1, 0.15) is 10.8 Å². The van der Waals surface area contributed by atoms with E-state index in [1.807, 2.05) is 5.38 Å². The van der Waals surface area contributed by atoms with Gasteiger partial charge in [-0.1, -0.05) is 30.3 Å². The minimum absolute atomic E-state index is 0.184. The molecule has 0 unspecified atom stereocenters. The highest BCUT2D eigenvalue weighted by Crippen LogP contribution is 2.54. The Kier molecular flexibility index (Phi) is 1.83. The van der Waals surface area contributed by atoms with Crippen LogP contribution in [0.25, 0.3) is 0 Å². The van der Waals surface area contributed by atoms with E-state index in [9.17, 15) is 0 Å². The third-order valence-corrected chi connectivity index (χ3v) is 4.07. The maximum atomic E-state index is 5.68. The lowest BCUT2D eigenvalue weighted by molar-refractivity contribution is 0.835. The molecule has 15 heavy (non-hydrogen) atoms. The van der Waals surface area contributed by atoms with Gasteiger partial charge < -0.3 is 5.73 Å². The van der Waals surface area contributed by atoms with Crippen molar-refractivity contribution in [3.8, 4) is 0 Å². The second kappa shape index (κ2) is 3.07. The fourth-order valence-corrected chi connectivity index (χ4v) is 3.00. The zero-order valence-electron chi connectivity index (χ0n) is 8.31. The number of thiazole rings is 1. The standard InChI is InChI=1S/C12H12N2S/c13-10-8-15-11(14-10)12(6-7-12)9-4-2-1-3-5-9/h1-5,8H,6-7,13H2. The van der Waals surface area contributed by atoms with Crippen LogP contribution in [0.1, 0.15) is 23.4 Å². The summed E-state index contributed by atoms with van der Waals surface area (Å²) in [4.78, 5) is 4.42. The predicted molar refractivity (Wildman–Crippen MR) is 63.0 cm³/mol. The summed E-state index contributed by atoms with van der Waals surface area (Å²) in [5.74, 6) is 0.650. The molecule has 0 atom stereocenters. The molecular weight excluding hydrogens is 204 g/mol. The van der Waals surface area contributed by atoms with E-state index < -0.39 is 0 Å². The molecule has 1 saturated carbocycles. The van der Waals surface area contributed by atoms with Crippen molar-refractivity contribution in [2.75, 3.05) is 5.73 Å². The zero-order valence-corrected chi connectivity index (χ0v) is 9.13. The highest BCUT2D eigenvalue weighted by Gasteiger charge is 2.48. The van der Waals surface area contributed by atoms with Crippen LogP contribution in [0.15, 0.2) is 35.7 Å². The number of anilines is 1. The van der Waals surface area contributed by atoms with Crippen LogP contribution in [0.2, 0.25) is 0 Å². The Balaban J connectivity index is 2.05. The SMILES string of the molecule is Nc1csc(C2(c3ccccc3)CC2)n1.